The molecule has 0 bridgehead atoms. The van der Waals surface area contributed by atoms with E-state index in [9.17, 15) is 9.90 Å². The molecule has 25 heavy (non-hydrogen) atoms. The summed E-state index contributed by atoms with van der Waals surface area (Å²) < 4.78 is 8.30. The van der Waals surface area contributed by atoms with Gasteiger partial charge in [-0.15, -0.1) is 0 Å². The molecular formula is C19H25N3O3. The average Bonchev–Trinajstić information content (AvgIpc) is 2.87. The third-order valence-corrected chi connectivity index (χ3v) is 5.76. The molecule has 2 aliphatic heterocycles. The number of aromatic nitrogens is 2. The van der Waals surface area contributed by atoms with E-state index in [1.54, 1.807) is 14.2 Å². The maximum atomic E-state index is 12.2. The molecule has 3 heterocycles. The molecular weight excluding hydrogens is 318 g/mol. The monoisotopic (exact) mass is 343 g/mol. The second kappa shape index (κ2) is 6.26. The zero-order valence-electron chi connectivity index (χ0n) is 14.8. The number of aromatic hydroxyl groups is 1. The van der Waals surface area contributed by atoms with Crippen molar-refractivity contribution in [2.24, 2.45) is 13.0 Å². The highest BCUT2D eigenvalue weighted by molar-refractivity contribution is 5.39. The van der Waals surface area contributed by atoms with Gasteiger partial charge in [-0.25, -0.2) is 4.79 Å². The molecule has 1 N–H and O–H groups in total. The molecule has 2 atom stereocenters. The molecule has 1 aromatic carbocycles. The van der Waals surface area contributed by atoms with Crippen LogP contribution in [0.1, 0.15) is 30.0 Å². The number of hydrogen-bond donors (Lipinski definition) is 1. The van der Waals surface area contributed by atoms with Crippen molar-refractivity contribution in [1.29, 1.82) is 0 Å². The van der Waals surface area contributed by atoms with E-state index in [4.69, 9.17) is 4.74 Å². The molecule has 6 heteroatoms. The van der Waals surface area contributed by atoms with Crippen LogP contribution < -0.4 is 10.4 Å². The first-order valence-corrected chi connectivity index (χ1v) is 8.93. The Bertz CT molecular complexity index is 839. The van der Waals surface area contributed by atoms with Gasteiger partial charge in [-0.05, 0) is 55.0 Å². The zero-order valence-corrected chi connectivity index (χ0v) is 14.8. The molecule has 1 saturated heterocycles. The van der Waals surface area contributed by atoms with Crippen molar-refractivity contribution < 1.29 is 9.84 Å². The van der Waals surface area contributed by atoms with Gasteiger partial charge in [-0.2, -0.15) is 0 Å². The van der Waals surface area contributed by atoms with E-state index in [0.717, 1.165) is 38.1 Å². The number of imidazole rings is 1. The Hall–Kier alpha value is -2.21. The summed E-state index contributed by atoms with van der Waals surface area (Å²) in [6, 6.07) is 6.79. The van der Waals surface area contributed by atoms with Crippen LogP contribution in [0.15, 0.2) is 29.2 Å². The van der Waals surface area contributed by atoms with E-state index in [0.29, 0.717) is 18.5 Å². The van der Waals surface area contributed by atoms with Crippen LogP contribution >= 0.6 is 0 Å². The third-order valence-electron chi connectivity index (χ3n) is 5.76. The van der Waals surface area contributed by atoms with Gasteiger partial charge >= 0.3 is 5.69 Å². The van der Waals surface area contributed by atoms with Crippen LogP contribution in [0.5, 0.6) is 11.6 Å². The molecule has 2 aliphatic rings. The van der Waals surface area contributed by atoms with E-state index >= 15 is 0 Å². The maximum absolute atomic E-state index is 12.2. The SMILES string of the molecule is COc1ccc2c(c1)CCN1CCC(Cn3c(O)cn(C)c3=O)CC21. The number of piperidine rings is 1. The highest BCUT2D eigenvalue weighted by atomic mass is 16.5. The number of fused-ring (bicyclic) bond motifs is 3. The van der Waals surface area contributed by atoms with Crippen molar-refractivity contribution in [2.45, 2.75) is 31.8 Å². The molecule has 1 aromatic heterocycles. The number of hydrogen-bond acceptors (Lipinski definition) is 4. The number of benzene rings is 1. The Morgan fingerprint density at radius 2 is 2.16 bits per heavy atom. The predicted molar refractivity (Wildman–Crippen MR) is 95.1 cm³/mol. The second-order valence-corrected chi connectivity index (χ2v) is 7.25. The van der Waals surface area contributed by atoms with E-state index in [2.05, 4.69) is 17.0 Å². The van der Waals surface area contributed by atoms with Gasteiger partial charge < -0.3 is 9.84 Å². The fourth-order valence-corrected chi connectivity index (χ4v) is 4.38. The van der Waals surface area contributed by atoms with Crippen LogP contribution in [-0.4, -0.2) is 39.3 Å². The summed E-state index contributed by atoms with van der Waals surface area (Å²) in [6.45, 7) is 2.71. The van der Waals surface area contributed by atoms with Crippen LogP contribution in [0.25, 0.3) is 0 Å². The first-order valence-electron chi connectivity index (χ1n) is 8.93. The maximum Gasteiger partial charge on any atom is 0.330 e. The molecule has 2 aromatic rings. The fraction of sp³-hybridized carbons (Fsp3) is 0.526. The summed E-state index contributed by atoms with van der Waals surface area (Å²) in [5.41, 5.74) is 2.62. The Kier molecular flexibility index (Phi) is 4.07. The summed E-state index contributed by atoms with van der Waals surface area (Å²) in [5, 5.41) is 10.0. The lowest BCUT2D eigenvalue weighted by Gasteiger charge is -2.43. The van der Waals surface area contributed by atoms with Crippen LogP contribution in [0.3, 0.4) is 0 Å². The highest BCUT2D eigenvalue weighted by Gasteiger charge is 2.34. The lowest BCUT2D eigenvalue weighted by atomic mass is 9.82. The van der Waals surface area contributed by atoms with Gasteiger partial charge in [-0.1, -0.05) is 6.07 Å². The summed E-state index contributed by atoms with van der Waals surface area (Å²) in [6.07, 6.45) is 4.62. The number of ether oxygens (including phenoxy) is 1. The molecule has 0 saturated carbocycles. The number of rotatable bonds is 3. The van der Waals surface area contributed by atoms with Crippen molar-refractivity contribution in [1.82, 2.24) is 14.0 Å². The van der Waals surface area contributed by atoms with Gasteiger partial charge in [0.2, 0.25) is 5.88 Å². The van der Waals surface area contributed by atoms with E-state index in [1.807, 2.05) is 6.07 Å². The summed E-state index contributed by atoms with van der Waals surface area (Å²) >= 11 is 0. The van der Waals surface area contributed by atoms with Gasteiger partial charge in [0.15, 0.2) is 0 Å². The normalized spacial score (nSPS) is 23.1. The molecule has 1 fully saturated rings. The smallest absolute Gasteiger partial charge is 0.330 e. The van der Waals surface area contributed by atoms with Crippen LogP contribution in [0.4, 0.5) is 0 Å². The molecule has 0 aliphatic carbocycles. The average molecular weight is 343 g/mol. The standard InChI is InChI=1S/C19H25N3O3/c1-20-12-18(23)22(19(20)24)11-13-5-7-21-8-6-14-10-15(25-2)3-4-16(14)17(21)9-13/h3-4,10,12-13,17,23H,5-9,11H2,1-2H3. The van der Waals surface area contributed by atoms with Gasteiger partial charge in [0.1, 0.15) is 5.75 Å². The van der Waals surface area contributed by atoms with E-state index in [1.165, 1.54) is 26.5 Å². The van der Waals surface area contributed by atoms with Gasteiger partial charge in [-0.3, -0.25) is 14.0 Å². The van der Waals surface area contributed by atoms with Crippen molar-refractivity contribution in [3.8, 4) is 11.6 Å². The van der Waals surface area contributed by atoms with Crippen LogP contribution in [-0.2, 0) is 20.0 Å². The lowest BCUT2D eigenvalue weighted by Crippen LogP contribution is -2.42. The fourth-order valence-electron chi connectivity index (χ4n) is 4.38. The Balaban J connectivity index is 1.57. The molecule has 4 rings (SSSR count). The molecule has 0 spiro atoms. The summed E-state index contributed by atoms with van der Waals surface area (Å²) in [7, 11) is 3.38. The van der Waals surface area contributed by atoms with Crippen molar-refractivity contribution in [2.75, 3.05) is 20.2 Å². The number of aryl methyl sites for hydroxylation is 1. The molecule has 2 unspecified atom stereocenters. The Morgan fingerprint density at radius 3 is 2.88 bits per heavy atom. The van der Waals surface area contributed by atoms with Crippen molar-refractivity contribution >= 4 is 0 Å². The largest absolute Gasteiger partial charge is 0.497 e. The minimum atomic E-state index is -0.145. The van der Waals surface area contributed by atoms with Crippen LogP contribution in [0, 0.1) is 5.92 Å². The van der Waals surface area contributed by atoms with E-state index in [-0.39, 0.29) is 11.6 Å². The van der Waals surface area contributed by atoms with Crippen molar-refractivity contribution in [3.63, 3.8) is 0 Å². The first-order chi connectivity index (χ1) is 12.1. The molecule has 0 radical (unpaired) electrons. The van der Waals surface area contributed by atoms with Gasteiger partial charge in [0, 0.05) is 26.2 Å². The number of methoxy groups -OCH3 is 1. The highest BCUT2D eigenvalue weighted by Crippen LogP contribution is 2.40. The van der Waals surface area contributed by atoms with Crippen molar-refractivity contribution in [3.05, 3.63) is 46.0 Å². The third kappa shape index (κ3) is 2.84. The number of nitrogens with zero attached hydrogens (tertiary/aromatic N) is 3. The second-order valence-electron chi connectivity index (χ2n) is 7.25. The predicted octanol–water partition coefficient (Wildman–Crippen LogP) is 1.91. The minimum absolute atomic E-state index is 0.0590. The lowest BCUT2D eigenvalue weighted by molar-refractivity contribution is 0.0946. The summed E-state index contributed by atoms with van der Waals surface area (Å²) in [5.74, 6) is 1.37. The Morgan fingerprint density at radius 1 is 1.32 bits per heavy atom. The zero-order chi connectivity index (χ0) is 17.6. The first kappa shape index (κ1) is 16.3. The van der Waals surface area contributed by atoms with Gasteiger partial charge in [0.25, 0.3) is 0 Å². The Labute approximate surface area is 147 Å². The summed E-state index contributed by atoms with van der Waals surface area (Å²) in [4.78, 5) is 14.7. The van der Waals surface area contributed by atoms with E-state index < -0.39 is 0 Å². The molecule has 0 amide bonds. The van der Waals surface area contributed by atoms with Crippen LogP contribution in [0.2, 0.25) is 0 Å². The topological polar surface area (TPSA) is 59.6 Å². The molecule has 134 valence electrons. The quantitative estimate of drug-likeness (QED) is 0.925. The molecule has 6 nitrogen and oxygen atoms in total. The minimum Gasteiger partial charge on any atom is -0.497 e. The van der Waals surface area contributed by atoms with Gasteiger partial charge in [0.05, 0.1) is 13.3 Å².